The Bertz CT molecular complexity index is 1040. The molecule has 0 saturated carbocycles. The summed E-state index contributed by atoms with van der Waals surface area (Å²) in [5.41, 5.74) is 2.57. The second kappa shape index (κ2) is 7.68. The number of nitrogens with zero attached hydrogens (tertiary/aromatic N) is 1. The van der Waals surface area contributed by atoms with Gasteiger partial charge in [-0.05, 0) is 48.9 Å². The van der Waals surface area contributed by atoms with Crippen LogP contribution in [0.15, 0.2) is 58.7 Å². The summed E-state index contributed by atoms with van der Waals surface area (Å²) in [7, 11) is 0. The van der Waals surface area contributed by atoms with E-state index in [2.05, 4.69) is 4.90 Å². The summed E-state index contributed by atoms with van der Waals surface area (Å²) < 4.78 is 16.9. The van der Waals surface area contributed by atoms with E-state index in [0.717, 1.165) is 40.3 Å². The van der Waals surface area contributed by atoms with Gasteiger partial charge in [0.25, 0.3) is 0 Å². The van der Waals surface area contributed by atoms with Crippen LogP contribution in [0.3, 0.4) is 0 Å². The number of hydrogen-bond acceptors (Lipinski definition) is 5. The number of carboxylic acids is 1. The van der Waals surface area contributed by atoms with E-state index in [9.17, 15) is 9.90 Å². The number of rotatable bonds is 6. The smallest absolute Gasteiger partial charge is 0.371 e. The fourth-order valence-electron chi connectivity index (χ4n) is 3.34. The molecule has 0 amide bonds. The average Bonchev–Trinajstić information content (AvgIpc) is 3.09. The Morgan fingerprint density at radius 1 is 1.25 bits per heavy atom. The van der Waals surface area contributed by atoms with E-state index in [1.54, 1.807) is 6.92 Å². The second-order valence-electron chi connectivity index (χ2n) is 6.49. The molecule has 0 saturated heterocycles. The van der Waals surface area contributed by atoms with Gasteiger partial charge >= 0.3 is 5.97 Å². The van der Waals surface area contributed by atoms with Crippen LogP contribution in [0.5, 0.6) is 5.75 Å². The molecule has 3 aromatic rings. The van der Waals surface area contributed by atoms with Gasteiger partial charge in [0.15, 0.2) is 0 Å². The normalized spacial score (nSPS) is 13.9. The molecule has 1 aliphatic heterocycles. The molecule has 0 atom stereocenters. The number of hydrogen-bond donors (Lipinski definition) is 1. The Labute approximate surface area is 162 Å². The molecule has 144 valence electrons. The lowest BCUT2D eigenvalue weighted by atomic mass is 10.1. The van der Waals surface area contributed by atoms with E-state index in [4.69, 9.17) is 13.9 Å². The molecule has 28 heavy (non-hydrogen) atoms. The topological polar surface area (TPSA) is 72.1 Å². The van der Waals surface area contributed by atoms with Gasteiger partial charge in [0.2, 0.25) is 5.76 Å². The van der Waals surface area contributed by atoms with Gasteiger partial charge in [0, 0.05) is 5.39 Å². The molecule has 4 rings (SSSR count). The molecule has 0 radical (unpaired) electrons. The van der Waals surface area contributed by atoms with Gasteiger partial charge in [-0.15, -0.1) is 0 Å². The zero-order valence-corrected chi connectivity index (χ0v) is 15.6. The third-order valence-electron chi connectivity index (χ3n) is 4.57. The molecule has 1 N–H and O–H groups in total. The molecular weight excluding hydrogens is 358 g/mol. The van der Waals surface area contributed by atoms with Gasteiger partial charge in [0.1, 0.15) is 23.7 Å². The number of aliphatic carboxylic acids is 1. The zero-order valence-electron chi connectivity index (χ0n) is 15.6. The molecule has 2 aromatic carbocycles. The Kier molecular flexibility index (Phi) is 4.93. The van der Waals surface area contributed by atoms with Crippen molar-refractivity contribution in [2.75, 3.05) is 24.7 Å². The predicted molar refractivity (Wildman–Crippen MR) is 106 cm³/mol. The van der Waals surface area contributed by atoms with Crippen LogP contribution in [-0.4, -0.2) is 30.8 Å². The predicted octanol–water partition coefficient (Wildman–Crippen LogP) is 4.29. The van der Waals surface area contributed by atoms with Crippen molar-refractivity contribution >= 4 is 28.7 Å². The number of benzene rings is 2. The molecule has 0 unspecified atom stereocenters. The van der Waals surface area contributed by atoms with Gasteiger partial charge in [-0.2, -0.15) is 0 Å². The van der Waals surface area contributed by atoms with Crippen LogP contribution in [0.4, 0.5) is 5.69 Å². The minimum absolute atomic E-state index is 0.0736. The first kappa shape index (κ1) is 18.0. The van der Waals surface area contributed by atoms with Crippen molar-refractivity contribution in [3.8, 4) is 5.75 Å². The number of ether oxygens (including phenoxy) is 2. The molecule has 0 aliphatic carbocycles. The van der Waals surface area contributed by atoms with Crippen molar-refractivity contribution in [1.29, 1.82) is 0 Å². The lowest BCUT2D eigenvalue weighted by molar-refractivity contribution is -0.136. The van der Waals surface area contributed by atoms with Gasteiger partial charge in [0.05, 0.1) is 25.4 Å². The second-order valence-corrected chi connectivity index (χ2v) is 6.49. The highest BCUT2D eigenvalue weighted by molar-refractivity contribution is 5.91. The monoisotopic (exact) mass is 379 g/mol. The molecule has 6 heteroatoms. The minimum Gasteiger partial charge on any atom is -0.490 e. The molecule has 1 aliphatic rings. The van der Waals surface area contributed by atoms with E-state index in [1.165, 1.54) is 6.08 Å². The third-order valence-corrected chi connectivity index (χ3v) is 4.57. The number of fused-ring (bicyclic) bond motifs is 2. The summed E-state index contributed by atoms with van der Waals surface area (Å²) >= 11 is 0. The number of anilines is 1. The van der Waals surface area contributed by atoms with Crippen LogP contribution < -0.4 is 9.64 Å². The van der Waals surface area contributed by atoms with Crippen LogP contribution in [0.1, 0.15) is 18.2 Å². The number of carboxylic acid groups (broad SMARTS) is 1. The molecule has 6 nitrogen and oxygen atoms in total. The first-order valence-corrected chi connectivity index (χ1v) is 9.21. The van der Waals surface area contributed by atoms with Gasteiger partial charge in [-0.25, -0.2) is 4.79 Å². The van der Waals surface area contributed by atoms with Gasteiger partial charge < -0.3 is 23.9 Å². The number of furan rings is 1. The molecule has 1 aromatic heterocycles. The summed E-state index contributed by atoms with van der Waals surface area (Å²) in [5, 5.41) is 10.1. The van der Waals surface area contributed by atoms with Crippen molar-refractivity contribution in [3.63, 3.8) is 0 Å². The SMILES string of the molecule is CCOC(=Cc1ccc2oc(CN3CCOc4ccccc43)cc2c1)C(=O)O. The first-order valence-electron chi connectivity index (χ1n) is 9.21. The highest BCUT2D eigenvalue weighted by Gasteiger charge is 2.19. The molecule has 0 spiro atoms. The lowest BCUT2D eigenvalue weighted by Gasteiger charge is -2.30. The van der Waals surface area contributed by atoms with Crippen molar-refractivity contribution in [2.45, 2.75) is 13.5 Å². The largest absolute Gasteiger partial charge is 0.490 e. The fourth-order valence-corrected chi connectivity index (χ4v) is 3.34. The van der Waals surface area contributed by atoms with Crippen molar-refractivity contribution in [3.05, 3.63) is 65.6 Å². The van der Waals surface area contributed by atoms with E-state index in [-0.39, 0.29) is 5.76 Å². The first-order chi connectivity index (χ1) is 13.6. The Hall–Kier alpha value is -3.41. The zero-order chi connectivity index (χ0) is 19.5. The van der Waals surface area contributed by atoms with E-state index in [0.29, 0.717) is 19.8 Å². The van der Waals surface area contributed by atoms with Crippen molar-refractivity contribution < 1.29 is 23.8 Å². The lowest BCUT2D eigenvalue weighted by Crippen LogP contribution is -2.31. The van der Waals surface area contributed by atoms with E-state index in [1.807, 2.05) is 48.5 Å². The standard InChI is InChI=1S/C22H21NO5/c1-2-26-21(22(24)25)12-15-7-8-19-16(11-15)13-17(28-19)14-23-9-10-27-20-6-4-3-5-18(20)23/h3-8,11-13H,2,9-10,14H2,1H3,(H,24,25). The van der Waals surface area contributed by atoms with Crippen LogP contribution >= 0.6 is 0 Å². The summed E-state index contributed by atoms with van der Waals surface area (Å²) in [6.07, 6.45) is 1.52. The quantitative estimate of drug-likeness (QED) is 0.509. The maximum absolute atomic E-state index is 11.3. The van der Waals surface area contributed by atoms with E-state index >= 15 is 0 Å². The summed E-state index contributed by atoms with van der Waals surface area (Å²) in [5.74, 6) is 0.571. The van der Waals surface area contributed by atoms with Crippen LogP contribution in [0.25, 0.3) is 17.0 Å². The summed E-state index contributed by atoms with van der Waals surface area (Å²) in [6, 6.07) is 15.5. The van der Waals surface area contributed by atoms with Crippen LogP contribution in [0, 0.1) is 0 Å². The van der Waals surface area contributed by atoms with Gasteiger partial charge in [-0.1, -0.05) is 18.2 Å². The Morgan fingerprint density at radius 3 is 2.93 bits per heavy atom. The molecule has 0 bridgehead atoms. The average molecular weight is 379 g/mol. The highest BCUT2D eigenvalue weighted by Crippen LogP contribution is 2.33. The Morgan fingerprint density at radius 2 is 2.11 bits per heavy atom. The number of carbonyl (C=O) groups is 1. The van der Waals surface area contributed by atoms with Crippen molar-refractivity contribution in [2.24, 2.45) is 0 Å². The highest BCUT2D eigenvalue weighted by atomic mass is 16.5. The van der Waals surface area contributed by atoms with Crippen molar-refractivity contribution in [1.82, 2.24) is 0 Å². The summed E-state index contributed by atoms with van der Waals surface area (Å²) in [4.78, 5) is 13.5. The van der Waals surface area contributed by atoms with Crippen LogP contribution in [-0.2, 0) is 16.1 Å². The maximum atomic E-state index is 11.3. The fraction of sp³-hybridized carbons (Fsp3) is 0.227. The van der Waals surface area contributed by atoms with Gasteiger partial charge in [-0.3, -0.25) is 0 Å². The number of para-hydroxylation sites is 2. The Balaban J connectivity index is 1.59. The molecule has 0 fully saturated rings. The molecule has 2 heterocycles. The molecular formula is C22H21NO5. The van der Waals surface area contributed by atoms with Crippen LogP contribution in [0.2, 0.25) is 0 Å². The minimum atomic E-state index is -1.08. The third kappa shape index (κ3) is 3.67. The maximum Gasteiger partial charge on any atom is 0.371 e. The summed E-state index contributed by atoms with van der Waals surface area (Å²) in [6.45, 7) is 4.13. The van der Waals surface area contributed by atoms with E-state index < -0.39 is 5.97 Å².